The van der Waals surface area contributed by atoms with Gasteiger partial charge in [-0.05, 0) is 31.1 Å². The highest BCUT2D eigenvalue weighted by Crippen LogP contribution is 2.19. The summed E-state index contributed by atoms with van der Waals surface area (Å²) in [6, 6.07) is 0. The van der Waals surface area contributed by atoms with E-state index in [0.29, 0.717) is 19.3 Å². The standard InChI is InChI=1S/C62H120O6/c1-6-9-10-11-12-13-14-15-22-27-32-37-42-47-52-60(63)66-55-59(68-62(65)54-49-44-39-34-29-24-19-17-21-26-31-36-41-46-51-58(5)8-3)56-67-61(64)53-48-43-38-33-28-23-18-16-20-25-30-35-40-45-50-57(4)7-2/h57-59H,6-56H2,1-5H3/t57?,58?,59-/m0/s1. The van der Waals surface area contributed by atoms with E-state index < -0.39 is 6.10 Å². The molecular weight excluding hydrogens is 841 g/mol. The van der Waals surface area contributed by atoms with Gasteiger partial charge in [0.05, 0.1) is 0 Å². The second-order valence-corrected chi connectivity index (χ2v) is 21.8. The van der Waals surface area contributed by atoms with Crippen molar-refractivity contribution in [2.45, 2.75) is 355 Å². The van der Waals surface area contributed by atoms with Gasteiger partial charge >= 0.3 is 17.9 Å². The van der Waals surface area contributed by atoms with Gasteiger partial charge in [-0.3, -0.25) is 14.4 Å². The van der Waals surface area contributed by atoms with Crippen molar-refractivity contribution < 1.29 is 28.6 Å². The van der Waals surface area contributed by atoms with Crippen molar-refractivity contribution in [1.82, 2.24) is 0 Å². The van der Waals surface area contributed by atoms with Crippen molar-refractivity contribution in [2.75, 3.05) is 13.2 Å². The Hall–Kier alpha value is -1.59. The molecule has 0 rings (SSSR count). The number of rotatable bonds is 56. The van der Waals surface area contributed by atoms with Gasteiger partial charge in [0.1, 0.15) is 13.2 Å². The molecule has 68 heavy (non-hydrogen) atoms. The molecule has 6 nitrogen and oxygen atoms in total. The molecule has 0 aliphatic rings. The first kappa shape index (κ1) is 66.4. The number of esters is 3. The molecule has 0 aromatic rings. The SMILES string of the molecule is CCCCCCCCCCCCCCCCC(=O)OC[C@@H](COC(=O)CCCCCCCCCCCCCCCCC(C)CC)OC(=O)CCCCCCCCCCCCCCCCC(C)CC. The Labute approximate surface area is 425 Å². The molecule has 0 heterocycles. The van der Waals surface area contributed by atoms with Gasteiger partial charge in [-0.15, -0.1) is 0 Å². The van der Waals surface area contributed by atoms with E-state index in [1.54, 1.807) is 0 Å². The van der Waals surface area contributed by atoms with Crippen LogP contribution in [0.2, 0.25) is 0 Å². The molecule has 0 bridgehead atoms. The molecule has 3 atom stereocenters. The fourth-order valence-corrected chi connectivity index (χ4v) is 9.52. The molecule has 2 unspecified atom stereocenters. The summed E-state index contributed by atoms with van der Waals surface area (Å²) in [5.74, 6) is 0.956. The Morgan fingerprint density at radius 2 is 0.515 bits per heavy atom. The van der Waals surface area contributed by atoms with E-state index in [-0.39, 0.29) is 31.1 Å². The normalized spacial score (nSPS) is 12.8. The van der Waals surface area contributed by atoms with Gasteiger partial charge < -0.3 is 14.2 Å². The largest absolute Gasteiger partial charge is 0.462 e. The molecule has 0 aromatic heterocycles. The molecule has 0 aliphatic carbocycles. The first-order valence-corrected chi connectivity index (χ1v) is 30.8. The highest BCUT2D eigenvalue weighted by atomic mass is 16.6. The summed E-state index contributed by atoms with van der Waals surface area (Å²) < 4.78 is 16.9. The Morgan fingerprint density at radius 3 is 0.765 bits per heavy atom. The lowest BCUT2D eigenvalue weighted by Crippen LogP contribution is -2.30. The minimum atomic E-state index is -0.763. The summed E-state index contributed by atoms with van der Waals surface area (Å²) in [6.07, 6.45) is 59.4. The fraction of sp³-hybridized carbons (Fsp3) is 0.952. The maximum atomic E-state index is 12.9. The lowest BCUT2D eigenvalue weighted by Gasteiger charge is -2.18. The predicted octanol–water partition coefficient (Wildman–Crippen LogP) is 20.4. The van der Waals surface area contributed by atoms with Gasteiger partial charge in [0, 0.05) is 19.3 Å². The summed E-state index contributed by atoms with van der Waals surface area (Å²) in [4.78, 5) is 38.2. The third kappa shape index (κ3) is 52.2. The van der Waals surface area contributed by atoms with Gasteiger partial charge in [-0.1, -0.05) is 311 Å². The van der Waals surface area contributed by atoms with Crippen LogP contribution in [0.5, 0.6) is 0 Å². The van der Waals surface area contributed by atoms with Gasteiger partial charge in [0.2, 0.25) is 0 Å². The van der Waals surface area contributed by atoms with E-state index in [0.717, 1.165) is 69.6 Å². The average molecular weight is 962 g/mol. The Bertz CT molecular complexity index is 1040. The maximum absolute atomic E-state index is 12.9. The van der Waals surface area contributed by atoms with Crippen LogP contribution in [0.15, 0.2) is 0 Å². The second-order valence-electron chi connectivity index (χ2n) is 21.8. The monoisotopic (exact) mass is 961 g/mol. The van der Waals surface area contributed by atoms with Crippen molar-refractivity contribution in [3.05, 3.63) is 0 Å². The minimum absolute atomic E-state index is 0.0621. The van der Waals surface area contributed by atoms with Crippen LogP contribution in [-0.4, -0.2) is 37.2 Å². The molecule has 0 spiro atoms. The van der Waals surface area contributed by atoms with E-state index in [1.807, 2.05) is 0 Å². The smallest absolute Gasteiger partial charge is 0.306 e. The molecule has 6 heteroatoms. The van der Waals surface area contributed by atoms with Crippen LogP contribution in [0.25, 0.3) is 0 Å². The molecule has 0 fully saturated rings. The third-order valence-electron chi connectivity index (χ3n) is 14.9. The zero-order valence-electron chi connectivity index (χ0n) is 46.7. The van der Waals surface area contributed by atoms with Gasteiger partial charge in [-0.25, -0.2) is 0 Å². The molecule has 0 N–H and O–H groups in total. The van der Waals surface area contributed by atoms with E-state index >= 15 is 0 Å². The predicted molar refractivity (Wildman–Crippen MR) is 293 cm³/mol. The summed E-state index contributed by atoms with van der Waals surface area (Å²) in [7, 11) is 0. The lowest BCUT2D eigenvalue weighted by molar-refractivity contribution is -0.167. The quantitative estimate of drug-likeness (QED) is 0.0343. The summed E-state index contributed by atoms with van der Waals surface area (Å²) >= 11 is 0. The summed E-state index contributed by atoms with van der Waals surface area (Å²) in [5.41, 5.74) is 0. The van der Waals surface area contributed by atoms with Crippen LogP contribution in [0.1, 0.15) is 349 Å². The number of carbonyl (C=O) groups is 3. The van der Waals surface area contributed by atoms with Crippen LogP contribution in [0.3, 0.4) is 0 Å². The molecule has 0 saturated carbocycles. The molecule has 0 amide bonds. The van der Waals surface area contributed by atoms with Gasteiger partial charge in [-0.2, -0.15) is 0 Å². The van der Waals surface area contributed by atoms with Crippen molar-refractivity contribution in [3.63, 3.8) is 0 Å². The molecule has 0 radical (unpaired) electrons. The van der Waals surface area contributed by atoms with Crippen LogP contribution < -0.4 is 0 Å². The fourth-order valence-electron chi connectivity index (χ4n) is 9.52. The van der Waals surface area contributed by atoms with Crippen LogP contribution in [-0.2, 0) is 28.6 Å². The lowest BCUT2D eigenvalue weighted by atomic mass is 9.99. The van der Waals surface area contributed by atoms with Gasteiger partial charge in [0.15, 0.2) is 6.10 Å². The molecule has 0 aromatic carbocycles. The topological polar surface area (TPSA) is 78.9 Å². The Kier molecular flexibility index (Phi) is 53.5. The molecule has 0 saturated heterocycles. The van der Waals surface area contributed by atoms with Crippen molar-refractivity contribution in [3.8, 4) is 0 Å². The second kappa shape index (κ2) is 54.7. The van der Waals surface area contributed by atoms with E-state index in [9.17, 15) is 14.4 Å². The number of carbonyl (C=O) groups excluding carboxylic acids is 3. The van der Waals surface area contributed by atoms with Crippen molar-refractivity contribution in [2.24, 2.45) is 11.8 Å². The number of unbranched alkanes of at least 4 members (excludes halogenated alkanes) is 39. The summed E-state index contributed by atoms with van der Waals surface area (Å²) in [5, 5.41) is 0. The maximum Gasteiger partial charge on any atom is 0.306 e. The number of hydrogen-bond acceptors (Lipinski definition) is 6. The highest BCUT2D eigenvalue weighted by molar-refractivity contribution is 5.71. The minimum Gasteiger partial charge on any atom is -0.462 e. The highest BCUT2D eigenvalue weighted by Gasteiger charge is 2.19. The van der Waals surface area contributed by atoms with E-state index in [4.69, 9.17) is 14.2 Å². The zero-order valence-corrected chi connectivity index (χ0v) is 46.7. The number of hydrogen-bond donors (Lipinski definition) is 0. The third-order valence-corrected chi connectivity index (χ3v) is 14.9. The first-order valence-electron chi connectivity index (χ1n) is 30.8. The van der Waals surface area contributed by atoms with Crippen LogP contribution in [0.4, 0.5) is 0 Å². The Balaban J connectivity index is 4.30. The first-order chi connectivity index (χ1) is 33.3. The number of ether oxygens (including phenoxy) is 3. The Morgan fingerprint density at radius 1 is 0.294 bits per heavy atom. The van der Waals surface area contributed by atoms with Crippen LogP contribution in [0, 0.1) is 11.8 Å². The molecule has 0 aliphatic heterocycles. The van der Waals surface area contributed by atoms with Crippen LogP contribution >= 0.6 is 0 Å². The average Bonchev–Trinajstić information content (AvgIpc) is 3.34. The van der Waals surface area contributed by atoms with Gasteiger partial charge in [0.25, 0.3) is 0 Å². The summed E-state index contributed by atoms with van der Waals surface area (Å²) in [6.45, 7) is 11.5. The van der Waals surface area contributed by atoms with E-state index in [2.05, 4.69) is 34.6 Å². The van der Waals surface area contributed by atoms with Crippen molar-refractivity contribution in [1.29, 1.82) is 0 Å². The van der Waals surface area contributed by atoms with E-state index in [1.165, 1.54) is 238 Å². The zero-order chi connectivity index (χ0) is 49.6. The van der Waals surface area contributed by atoms with Crippen molar-refractivity contribution >= 4 is 17.9 Å². The molecular formula is C62H120O6. The molecule has 404 valence electrons.